The van der Waals surface area contributed by atoms with Gasteiger partial charge in [-0.05, 0) is 6.08 Å². The van der Waals surface area contributed by atoms with Crippen LogP contribution in [0.2, 0.25) is 0 Å². The number of nitrogens with one attached hydrogen (secondary N) is 2. The molecule has 0 saturated carbocycles. The quantitative estimate of drug-likeness (QED) is 0.404. The minimum Gasteiger partial charge on any atom is -0.350 e. The third-order valence-corrected chi connectivity index (χ3v) is 1.81. The smallest absolute Gasteiger partial charge is 0.269 e. The van der Waals surface area contributed by atoms with Crippen LogP contribution in [0.1, 0.15) is 0 Å². The van der Waals surface area contributed by atoms with E-state index in [4.69, 9.17) is 9.96 Å². The maximum absolute atomic E-state index is 10.8. The van der Waals surface area contributed by atoms with E-state index in [0.29, 0.717) is 0 Å². The van der Waals surface area contributed by atoms with Crippen LogP contribution in [-0.2, 0) is 14.9 Å². The van der Waals surface area contributed by atoms with Crippen LogP contribution < -0.4 is 5.32 Å². The molecule has 0 heterocycles. The molecule has 0 bridgehead atoms. The van der Waals surface area contributed by atoms with Crippen molar-refractivity contribution in [2.45, 2.75) is 0 Å². The van der Waals surface area contributed by atoms with E-state index in [2.05, 4.69) is 11.9 Å². The predicted molar refractivity (Wildman–Crippen MR) is 47.3 cm³/mol. The van der Waals surface area contributed by atoms with Crippen molar-refractivity contribution < 1.29 is 17.8 Å². The van der Waals surface area contributed by atoms with Crippen LogP contribution in [-0.4, -0.2) is 36.9 Å². The lowest BCUT2D eigenvalue weighted by Gasteiger charge is -2.01. The first-order valence-corrected chi connectivity index (χ1v) is 4.92. The lowest BCUT2D eigenvalue weighted by Crippen LogP contribution is -2.33. The van der Waals surface area contributed by atoms with Crippen LogP contribution in [0.25, 0.3) is 0 Å². The second kappa shape index (κ2) is 4.73. The molecule has 3 N–H and O–H groups in total. The van der Waals surface area contributed by atoms with Crippen LogP contribution in [0.5, 0.6) is 0 Å². The molecule has 0 spiro atoms. The predicted octanol–water partition coefficient (Wildman–Crippen LogP) is -0.804. The average molecular weight is 206 g/mol. The monoisotopic (exact) mass is 206 g/mol. The second-order valence-corrected chi connectivity index (χ2v) is 3.73. The Labute approximate surface area is 75.9 Å². The van der Waals surface area contributed by atoms with E-state index in [-0.39, 0.29) is 12.3 Å². The average Bonchev–Trinajstić information content (AvgIpc) is 2.00. The molecule has 0 aromatic heterocycles. The van der Waals surface area contributed by atoms with Gasteiger partial charge < -0.3 is 5.32 Å². The molecule has 0 unspecified atom stereocenters. The highest BCUT2D eigenvalue weighted by atomic mass is 32.2. The van der Waals surface area contributed by atoms with Crippen molar-refractivity contribution in [3.8, 4) is 0 Å². The van der Waals surface area contributed by atoms with Crippen LogP contribution in [0.3, 0.4) is 0 Å². The second-order valence-electron chi connectivity index (χ2n) is 2.16. The van der Waals surface area contributed by atoms with Crippen LogP contribution >= 0.6 is 0 Å². The fraction of sp³-hybridized carbons (Fsp3) is 0.333. The minimum absolute atomic E-state index is 0.228. The van der Waals surface area contributed by atoms with Crippen molar-refractivity contribution in [1.29, 1.82) is 5.41 Å². The highest BCUT2D eigenvalue weighted by Gasteiger charge is 2.07. The molecule has 0 aliphatic heterocycles. The van der Waals surface area contributed by atoms with E-state index in [0.717, 1.165) is 6.08 Å². The molecule has 6 nitrogen and oxygen atoms in total. The van der Waals surface area contributed by atoms with E-state index in [1.807, 2.05) is 0 Å². The summed E-state index contributed by atoms with van der Waals surface area (Å²) in [7, 11) is -4.06. The van der Waals surface area contributed by atoms with Crippen LogP contribution in [0.4, 0.5) is 0 Å². The van der Waals surface area contributed by atoms with Crippen LogP contribution in [0.15, 0.2) is 12.7 Å². The first kappa shape index (κ1) is 11.8. The van der Waals surface area contributed by atoms with Crippen molar-refractivity contribution in [3.05, 3.63) is 12.7 Å². The van der Waals surface area contributed by atoms with Gasteiger partial charge in [-0.1, -0.05) is 6.58 Å². The Kier molecular flexibility index (Phi) is 4.29. The topological polar surface area (TPSA) is 107 Å². The van der Waals surface area contributed by atoms with Gasteiger partial charge in [0.2, 0.25) is 0 Å². The fourth-order valence-electron chi connectivity index (χ4n) is 0.481. The molecule has 0 aliphatic carbocycles. The molecule has 7 heteroatoms. The summed E-state index contributed by atoms with van der Waals surface area (Å²) in [5.41, 5.74) is -0.352. The standard InChI is InChI=1S/C6H10N2O4S/c1-2-5(7)6(9)8-3-4-13(10,11)12/h2,7H,1,3-4H2,(H,8,9)(H,10,11,12). The molecule has 0 saturated heterocycles. The molecule has 0 aromatic rings. The van der Waals surface area contributed by atoms with Gasteiger partial charge in [0.15, 0.2) is 0 Å². The van der Waals surface area contributed by atoms with Gasteiger partial charge in [0, 0.05) is 6.54 Å². The van der Waals surface area contributed by atoms with Crippen molar-refractivity contribution in [3.63, 3.8) is 0 Å². The Bertz CT molecular complexity index is 320. The summed E-state index contributed by atoms with van der Waals surface area (Å²) in [6.45, 7) is 2.96. The summed E-state index contributed by atoms with van der Waals surface area (Å²) in [5, 5.41) is 9.05. The van der Waals surface area contributed by atoms with Gasteiger partial charge in [0.1, 0.15) is 5.71 Å². The van der Waals surface area contributed by atoms with Crippen molar-refractivity contribution in [1.82, 2.24) is 5.32 Å². The molecule has 1 amide bonds. The Morgan fingerprint density at radius 3 is 2.54 bits per heavy atom. The Morgan fingerprint density at radius 1 is 1.62 bits per heavy atom. The summed E-state index contributed by atoms with van der Waals surface area (Å²) in [6, 6.07) is 0. The van der Waals surface area contributed by atoms with E-state index in [9.17, 15) is 13.2 Å². The molecular weight excluding hydrogens is 196 g/mol. The van der Waals surface area contributed by atoms with Gasteiger partial charge in [0.05, 0.1) is 5.75 Å². The lowest BCUT2D eigenvalue weighted by atomic mass is 10.3. The van der Waals surface area contributed by atoms with Gasteiger partial charge in [-0.2, -0.15) is 8.42 Å². The van der Waals surface area contributed by atoms with Gasteiger partial charge in [-0.15, -0.1) is 0 Å². The van der Waals surface area contributed by atoms with E-state index < -0.39 is 21.8 Å². The van der Waals surface area contributed by atoms with Crippen LogP contribution in [0, 0.1) is 5.41 Å². The molecule has 13 heavy (non-hydrogen) atoms. The number of rotatable bonds is 5. The van der Waals surface area contributed by atoms with E-state index in [1.165, 1.54) is 0 Å². The Morgan fingerprint density at radius 2 is 2.15 bits per heavy atom. The van der Waals surface area contributed by atoms with Crippen molar-refractivity contribution in [2.75, 3.05) is 12.3 Å². The first-order chi connectivity index (χ1) is 5.87. The third-order valence-electron chi connectivity index (χ3n) is 1.09. The highest BCUT2D eigenvalue weighted by Crippen LogP contribution is 1.80. The molecule has 74 valence electrons. The molecule has 0 rings (SSSR count). The molecule has 0 radical (unpaired) electrons. The largest absolute Gasteiger partial charge is 0.350 e. The molecule has 0 aromatic carbocycles. The molecular formula is C6H10N2O4S. The van der Waals surface area contributed by atoms with Gasteiger partial charge in [-0.25, -0.2) is 0 Å². The zero-order valence-corrected chi connectivity index (χ0v) is 7.60. The highest BCUT2D eigenvalue weighted by molar-refractivity contribution is 7.85. The fourth-order valence-corrected chi connectivity index (χ4v) is 0.841. The van der Waals surface area contributed by atoms with Crippen molar-refractivity contribution in [2.24, 2.45) is 0 Å². The van der Waals surface area contributed by atoms with E-state index >= 15 is 0 Å². The minimum atomic E-state index is -4.06. The zero-order valence-electron chi connectivity index (χ0n) is 6.78. The number of hydrogen-bond donors (Lipinski definition) is 3. The third kappa shape index (κ3) is 6.00. The van der Waals surface area contributed by atoms with Gasteiger partial charge >= 0.3 is 0 Å². The molecule has 0 atom stereocenters. The number of carbonyl (C=O) groups is 1. The molecule has 0 fully saturated rings. The summed E-state index contributed by atoms with van der Waals surface area (Å²) in [5.74, 6) is -1.29. The maximum atomic E-state index is 10.8. The number of carbonyl (C=O) groups excluding carboxylic acids is 1. The summed E-state index contributed by atoms with van der Waals surface area (Å²) < 4.78 is 28.6. The number of amides is 1. The lowest BCUT2D eigenvalue weighted by molar-refractivity contribution is -0.114. The summed E-state index contributed by atoms with van der Waals surface area (Å²) in [4.78, 5) is 10.8. The van der Waals surface area contributed by atoms with Gasteiger partial charge in [0.25, 0.3) is 16.0 Å². The Hall–Kier alpha value is -1.21. The van der Waals surface area contributed by atoms with Crippen molar-refractivity contribution >= 4 is 21.7 Å². The molecule has 0 aliphatic rings. The Balaban J connectivity index is 3.86. The normalized spacial score (nSPS) is 10.5. The van der Waals surface area contributed by atoms with Gasteiger partial charge in [-0.3, -0.25) is 14.8 Å². The summed E-state index contributed by atoms with van der Waals surface area (Å²) >= 11 is 0. The van der Waals surface area contributed by atoms with E-state index in [1.54, 1.807) is 0 Å². The SMILES string of the molecule is C=CC(=N)C(=O)NCCS(=O)(=O)O. The summed E-state index contributed by atoms with van der Waals surface area (Å²) in [6.07, 6.45) is 1.03. The maximum Gasteiger partial charge on any atom is 0.269 e. The number of hydrogen-bond acceptors (Lipinski definition) is 4. The zero-order chi connectivity index (χ0) is 10.5. The first-order valence-electron chi connectivity index (χ1n) is 3.31.